The van der Waals surface area contributed by atoms with Crippen molar-refractivity contribution in [2.75, 3.05) is 0 Å². The van der Waals surface area contributed by atoms with E-state index in [2.05, 4.69) is 5.10 Å². The highest BCUT2D eigenvalue weighted by atomic mass is 16.6. The Balaban J connectivity index is 2.42. The van der Waals surface area contributed by atoms with Crippen LogP contribution in [0.3, 0.4) is 0 Å². The van der Waals surface area contributed by atoms with Crippen LogP contribution in [0.2, 0.25) is 0 Å². The lowest BCUT2D eigenvalue weighted by Gasteiger charge is -2.05. The number of hydrogen-bond donors (Lipinski definition) is 0. The average molecular weight is 247 g/mol. The number of nitrogens with zero attached hydrogens (tertiary/aromatic N) is 3. The van der Waals surface area contributed by atoms with Crippen molar-refractivity contribution in [3.8, 4) is 0 Å². The van der Waals surface area contributed by atoms with Crippen LogP contribution in [0.1, 0.15) is 13.8 Å². The molecule has 0 saturated carbocycles. The first kappa shape index (κ1) is 12.2. The van der Waals surface area contributed by atoms with Crippen LogP contribution >= 0.6 is 0 Å². The monoisotopic (exact) mass is 247 g/mol. The second kappa shape index (κ2) is 4.56. The number of benzene rings is 1. The lowest BCUT2D eigenvalue weighted by molar-refractivity contribution is -0.384. The van der Waals surface area contributed by atoms with Crippen LogP contribution in [-0.4, -0.2) is 20.5 Å². The van der Waals surface area contributed by atoms with Gasteiger partial charge in [-0.2, -0.15) is 5.10 Å². The van der Waals surface area contributed by atoms with Gasteiger partial charge in [0.15, 0.2) is 5.78 Å². The summed E-state index contributed by atoms with van der Waals surface area (Å²) in [6.45, 7) is 3.77. The molecule has 94 valence electrons. The Morgan fingerprint density at radius 3 is 2.83 bits per heavy atom. The number of hydrogen-bond acceptors (Lipinski definition) is 4. The Bertz CT molecular complexity index is 616. The normalized spacial score (nSPS) is 11.1. The molecule has 0 aliphatic heterocycles. The third-order valence-electron chi connectivity index (χ3n) is 2.79. The van der Waals surface area contributed by atoms with E-state index in [0.717, 1.165) is 5.39 Å². The third-order valence-corrected chi connectivity index (χ3v) is 2.79. The zero-order valence-electron chi connectivity index (χ0n) is 10.2. The van der Waals surface area contributed by atoms with Gasteiger partial charge in [0.05, 0.1) is 16.6 Å². The van der Waals surface area contributed by atoms with Gasteiger partial charge in [0.25, 0.3) is 5.69 Å². The molecule has 0 aliphatic rings. The van der Waals surface area contributed by atoms with Crippen molar-refractivity contribution in [1.29, 1.82) is 0 Å². The molecule has 6 heteroatoms. The number of ketones is 1. The molecule has 0 radical (unpaired) electrons. The molecule has 6 nitrogen and oxygen atoms in total. The summed E-state index contributed by atoms with van der Waals surface area (Å²) in [5.74, 6) is -0.0329. The Morgan fingerprint density at radius 1 is 1.50 bits per heavy atom. The highest BCUT2D eigenvalue weighted by molar-refractivity contribution is 5.85. The van der Waals surface area contributed by atoms with E-state index < -0.39 is 4.92 Å². The van der Waals surface area contributed by atoms with E-state index >= 15 is 0 Å². The predicted molar refractivity (Wildman–Crippen MR) is 66.2 cm³/mol. The van der Waals surface area contributed by atoms with E-state index in [1.165, 1.54) is 16.8 Å². The molecule has 0 atom stereocenters. The lowest BCUT2D eigenvalue weighted by Crippen LogP contribution is -2.16. The minimum absolute atomic E-state index is 0.00115. The molecule has 0 saturated heterocycles. The van der Waals surface area contributed by atoms with Crippen LogP contribution in [0.4, 0.5) is 5.69 Å². The van der Waals surface area contributed by atoms with Crippen LogP contribution < -0.4 is 0 Å². The molecule has 1 aromatic heterocycles. The number of carbonyl (C=O) groups is 1. The number of aromatic nitrogens is 2. The highest BCUT2D eigenvalue weighted by Gasteiger charge is 2.13. The Kier molecular flexibility index (Phi) is 3.10. The summed E-state index contributed by atoms with van der Waals surface area (Å²) in [6.07, 6.45) is 1.60. The van der Waals surface area contributed by atoms with Crippen molar-refractivity contribution in [3.63, 3.8) is 0 Å². The van der Waals surface area contributed by atoms with Crippen LogP contribution in [0.15, 0.2) is 24.4 Å². The number of carbonyl (C=O) groups excluding carboxylic acids is 1. The maximum absolute atomic E-state index is 11.7. The molecule has 1 aromatic carbocycles. The first-order valence-corrected chi connectivity index (χ1v) is 5.61. The van der Waals surface area contributed by atoms with Crippen molar-refractivity contribution < 1.29 is 9.72 Å². The van der Waals surface area contributed by atoms with E-state index in [1.54, 1.807) is 12.3 Å². The summed E-state index contributed by atoms with van der Waals surface area (Å²) in [6, 6.07) is 4.51. The first-order valence-electron chi connectivity index (χ1n) is 5.61. The Hall–Kier alpha value is -2.24. The SMILES string of the molecule is CC(C)C(=O)Cn1ncc2ccc([N+](=O)[O-])cc21. The zero-order valence-corrected chi connectivity index (χ0v) is 10.2. The van der Waals surface area contributed by atoms with Crippen molar-refractivity contribution in [2.24, 2.45) is 5.92 Å². The van der Waals surface area contributed by atoms with Gasteiger partial charge in [-0.15, -0.1) is 0 Å². The summed E-state index contributed by atoms with van der Waals surface area (Å²) >= 11 is 0. The molecular weight excluding hydrogens is 234 g/mol. The predicted octanol–water partition coefficient (Wildman–Crippen LogP) is 2.17. The van der Waals surface area contributed by atoms with Gasteiger partial charge in [-0.05, 0) is 6.07 Å². The van der Waals surface area contributed by atoms with E-state index in [4.69, 9.17) is 0 Å². The van der Waals surface area contributed by atoms with Crippen molar-refractivity contribution in [3.05, 3.63) is 34.5 Å². The molecule has 1 heterocycles. The smallest absolute Gasteiger partial charge is 0.271 e. The molecule has 0 aliphatic carbocycles. The fourth-order valence-corrected chi connectivity index (χ4v) is 1.63. The molecule has 0 fully saturated rings. The molecule has 0 bridgehead atoms. The summed E-state index contributed by atoms with van der Waals surface area (Å²) in [7, 11) is 0. The fraction of sp³-hybridized carbons (Fsp3) is 0.333. The largest absolute Gasteiger partial charge is 0.297 e. The number of Topliss-reactive ketones (excluding diaryl/α,β-unsaturated/α-hetero) is 1. The Morgan fingerprint density at radius 2 is 2.22 bits per heavy atom. The van der Waals surface area contributed by atoms with Gasteiger partial charge in [0.1, 0.15) is 6.54 Å². The number of non-ortho nitro benzene ring substituents is 1. The van der Waals surface area contributed by atoms with E-state index in [0.29, 0.717) is 5.52 Å². The molecule has 0 N–H and O–H groups in total. The standard InChI is InChI=1S/C12H13N3O3/c1-8(2)12(16)7-14-11-5-10(15(17)18)4-3-9(11)6-13-14/h3-6,8H,7H2,1-2H3. The summed E-state index contributed by atoms with van der Waals surface area (Å²) < 4.78 is 1.50. The van der Waals surface area contributed by atoms with Crippen LogP contribution in [0, 0.1) is 16.0 Å². The van der Waals surface area contributed by atoms with Crippen LogP contribution in [-0.2, 0) is 11.3 Å². The maximum atomic E-state index is 11.7. The first-order chi connectivity index (χ1) is 8.49. The van der Waals surface area contributed by atoms with Crippen molar-refractivity contribution in [2.45, 2.75) is 20.4 Å². The Labute approximate surface area is 103 Å². The van der Waals surface area contributed by atoms with E-state index in [-0.39, 0.29) is 23.9 Å². The molecule has 18 heavy (non-hydrogen) atoms. The highest BCUT2D eigenvalue weighted by Crippen LogP contribution is 2.20. The molecule has 0 spiro atoms. The molecule has 0 amide bonds. The van der Waals surface area contributed by atoms with Crippen molar-refractivity contribution >= 4 is 22.4 Å². The molecular formula is C12H13N3O3. The summed E-state index contributed by atoms with van der Waals surface area (Å²) in [4.78, 5) is 21.9. The number of nitro groups is 1. The third kappa shape index (κ3) is 2.22. The minimum atomic E-state index is -0.457. The lowest BCUT2D eigenvalue weighted by atomic mass is 10.1. The van der Waals surface area contributed by atoms with Gasteiger partial charge in [-0.1, -0.05) is 13.8 Å². The van der Waals surface area contributed by atoms with Crippen LogP contribution in [0.25, 0.3) is 10.9 Å². The van der Waals surface area contributed by atoms with E-state index in [1.807, 2.05) is 13.8 Å². The fourth-order valence-electron chi connectivity index (χ4n) is 1.63. The zero-order chi connectivity index (χ0) is 13.3. The molecule has 2 aromatic rings. The minimum Gasteiger partial charge on any atom is -0.297 e. The average Bonchev–Trinajstić information content (AvgIpc) is 2.71. The van der Waals surface area contributed by atoms with Gasteiger partial charge in [0, 0.05) is 23.4 Å². The number of rotatable bonds is 4. The van der Waals surface area contributed by atoms with E-state index in [9.17, 15) is 14.9 Å². The van der Waals surface area contributed by atoms with Gasteiger partial charge in [-0.3, -0.25) is 19.6 Å². The second-order valence-corrected chi connectivity index (χ2v) is 4.42. The topological polar surface area (TPSA) is 78.0 Å². The summed E-state index contributed by atoms with van der Waals surface area (Å²) in [5.41, 5.74) is 0.611. The summed E-state index contributed by atoms with van der Waals surface area (Å²) in [5, 5.41) is 15.6. The maximum Gasteiger partial charge on any atom is 0.271 e. The van der Waals surface area contributed by atoms with Crippen molar-refractivity contribution in [1.82, 2.24) is 9.78 Å². The van der Waals surface area contributed by atoms with Gasteiger partial charge >= 0.3 is 0 Å². The number of fused-ring (bicyclic) bond motifs is 1. The molecule has 2 rings (SSSR count). The molecule has 0 unspecified atom stereocenters. The quantitative estimate of drug-likeness (QED) is 0.612. The van der Waals surface area contributed by atoms with Gasteiger partial charge in [-0.25, -0.2) is 0 Å². The van der Waals surface area contributed by atoms with Gasteiger partial charge < -0.3 is 0 Å². The van der Waals surface area contributed by atoms with Gasteiger partial charge in [0.2, 0.25) is 0 Å². The second-order valence-electron chi connectivity index (χ2n) is 4.42. The van der Waals surface area contributed by atoms with Crippen LogP contribution in [0.5, 0.6) is 0 Å². The number of nitro benzene ring substituents is 1.